The minimum atomic E-state index is -1.01. The number of hydrogen-bond acceptors (Lipinski definition) is 4. The number of carboxylic acids is 1. The Bertz CT molecular complexity index is 724. The molecule has 3 rings (SSSR count). The van der Waals surface area contributed by atoms with E-state index in [2.05, 4.69) is 0 Å². The molecule has 22 heavy (non-hydrogen) atoms. The van der Waals surface area contributed by atoms with Crippen LogP contribution in [0.4, 0.5) is 0 Å². The van der Waals surface area contributed by atoms with Crippen molar-refractivity contribution in [3.05, 3.63) is 51.7 Å². The van der Waals surface area contributed by atoms with Crippen molar-refractivity contribution in [3.8, 4) is 5.75 Å². The smallest absolute Gasteiger partial charge is 0.345 e. The van der Waals surface area contributed by atoms with Gasteiger partial charge in [0.15, 0.2) is 0 Å². The van der Waals surface area contributed by atoms with Crippen LogP contribution in [0.15, 0.2) is 36.4 Å². The number of carboxylic acid groups (broad SMARTS) is 1. The molecule has 1 aliphatic heterocycles. The highest BCUT2D eigenvalue weighted by molar-refractivity contribution is 7.15. The fraction of sp³-hybridized carbons (Fsp3) is 0.250. The van der Waals surface area contributed by atoms with Crippen molar-refractivity contribution in [1.82, 2.24) is 4.90 Å². The topological polar surface area (TPSA) is 66.8 Å². The summed E-state index contributed by atoms with van der Waals surface area (Å²) in [5, 5.41) is 8.98. The maximum absolute atomic E-state index is 12.7. The molecule has 0 fully saturated rings. The van der Waals surface area contributed by atoms with E-state index < -0.39 is 5.97 Å². The highest BCUT2D eigenvalue weighted by atomic mass is 32.1. The quantitative estimate of drug-likeness (QED) is 0.925. The molecule has 0 bridgehead atoms. The normalized spacial score (nSPS) is 17.3. The summed E-state index contributed by atoms with van der Waals surface area (Å²) in [6, 6.07) is 10.6. The van der Waals surface area contributed by atoms with Gasteiger partial charge in [-0.05, 0) is 25.1 Å². The van der Waals surface area contributed by atoms with Crippen LogP contribution >= 0.6 is 11.3 Å². The van der Waals surface area contributed by atoms with Gasteiger partial charge in [0.25, 0.3) is 5.91 Å². The van der Waals surface area contributed by atoms with Gasteiger partial charge in [-0.3, -0.25) is 4.79 Å². The van der Waals surface area contributed by atoms with Gasteiger partial charge in [-0.25, -0.2) is 4.79 Å². The zero-order valence-electron chi connectivity index (χ0n) is 12.0. The number of benzene rings is 1. The van der Waals surface area contributed by atoms with Gasteiger partial charge in [0, 0.05) is 5.56 Å². The Morgan fingerprint density at radius 2 is 1.95 bits per heavy atom. The van der Waals surface area contributed by atoms with Gasteiger partial charge in [0.2, 0.25) is 0 Å². The first-order chi connectivity index (χ1) is 10.6. The summed E-state index contributed by atoms with van der Waals surface area (Å²) >= 11 is 1.00. The number of para-hydroxylation sites is 1. The van der Waals surface area contributed by atoms with Crippen LogP contribution in [0, 0.1) is 0 Å². The summed E-state index contributed by atoms with van der Waals surface area (Å²) < 4.78 is 5.74. The van der Waals surface area contributed by atoms with E-state index in [1.165, 1.54) is 6.07 Å². The minimum absolute atomic E-state index is 0.0877. The molecule has 1 aliphatic rings. The molecule has 2 heterocycles. The van der Waals surface area contributed by atoms with E-state index in [1.807, 2.05) is 31.2 Å². The summed E-state index contributed by atoms with van der Waals surface area (Å²) in [5.74, 6) is -0.381. The first-order valence-corrected chi connectivity index (χ1v) is 7.72. The van der Waals surface area contributed by atoms with E-state index in [-0.39, 0.29) is 16.8 Å². The second-order valence-corrected chi connectivity index (χ2v) is 6.25. The Hall–Kier alpha value is -2.34. The number of carbonyl (C=O) groups excluding carboxylic acids is 1. The first-order valence-electron chi connectivity index (χ1n) is 6.91. The number of carbonyl (C=O) groups is 2. The van der Waals surface area contributed by atoms with Crippen LogP contribution in [-0.4, -0.2) is 34.5 Å². The van der Waals surface area contributed by atoms with Crippen molar-refractivity contribution in [2.24, 2.45) is 0 Å². The maximum Gasteiger partial charge on any atom is 0.345 e. The fourth-order valence-electron chi connectivity index (χ4n) is 2.40. The SMILES string of the molecule is CC1COc2ccccc2CN1C(=O)c1ccc(C(=O)O)s1. The van der Waals surface area contributed by atoms with E-state index >= 15 is 0 Å². The van der Waals surface area contributed by atoms with Gasteiger partial charge in [0.1, 0.15) is 17.2 Å². The summed E-state index contributed by atoms with van der Waals surface area (Å²) in [6.45, 7) is 2.80. The number of thiophene rings is 1. The number of amides is 1. The lowest BCUT2D eigenvalue weighted by atomic mass is 10.1. The zero-order valence-corrected chi connectivity index (χ0v) is 12.8. The molecular weight excluding hydrogens is 302 g/mol. The van der Waals surface area contributed by atoms with Crippen LogP contribution in [0.25, 0.3) is 0 Å². The molecule has 0 spiro atoms. The summed E-state index contributed by atoms with van der Waals surface area (Å²) in [4.78, 5) is 26.0. The number of ether oxygens (including phenoxy) is 1. The highest BCUT2D eigenvalue weighted by Gasteiger charge is 2.27. The molecule has 1 aromatic carbocycles. The molecule has 0 saturated heterocycles. The number of hydrogen-bond donors (Lipinski definition) is 1. The maximum atomic E-state index is 12.7. The first kappa shape index (κ1) is 14.6. The van der Waals surface area contributed by atoms with E-state index in [0.717, 1.165) is 22.6 Å². The number of rotatable bonds is 2. The molecule has 1 amide bonds. The average Bonchev–Trinajstić information content (AvgIpc) is 2.94. The largest absolute Gasteiger partial charge is 0.491 e. The van der Waals surface area contributed by atoms with Crippen LogP contribution in [0.5, 0.6) is 5.75 Å². The zero-order chi connectivity index (χ0) is 15.7. The molecule has 1 N–H and O–H groups in total. The molecule has 0 radical (unpaired) electrons. The molecule has 0 saturated carbocycles. The van der Waals surface area contributed by atoms with Crippen LogP contribution in [0.2, 0.25) is 0 Å². The number of aromatic carboxylic acids is 1. The second-order valence-electron chi connectivity index (χ2n) is 5.17. The Balaban J connectivity index is 1.88. The third-order valence-corrected chi connectivity index (χ3v) is 4.68. The van der Waals surface area contributed by atoms with E-state index in [4.69, 9.17) is 9.84 Å². The van der Waals surface area contributed by atoms with Crippen molar-refractivity contribution in [2.75, 3.05) is 6.61 Å². The molecule has 5 nitrogen and oxygen atoms in total. The third-order valence-electron chi connectivity index (χ3n) is 3.61. The van der Waals surface area contributed by atoms with Crippen LogP contribution in [0.3, 0.4) is 0 Å². The lowest BCUT2D eigenvalue weighted by Gasteiger charge is -2.25. The number of fused-ring (bicyclic) bond motifs is 1. The number of nitrogens with zero attached hydrogens (tertiary/aromatic N) is 1. The van der Waals surface area contributed by atoms with Crippen LogP contribution in [-0.2, 0) is 6.54 Å². The Kier molecular flexibility index (Phi) is 3.85. The van der Waals surface area contributed by atoms with Gasteiger partial charge in [-0.2, -0.15) is 0 Å². The molecule has 0 aliphatic carbocycles. The highest BCUT2D eigenvalue weighted by Crippen LogP contribution is 2.27. The Morgan fingerprint density at radius 1 is 1.23 bits per heavy atom. The molecular formula is C16H15NO4S. The third kappa shape index (κ3) is 2.69. The predicted molar refractivity (Wildman–Crippen MR) is 82.6 cm³/mol. The Morgan fingerprint density at radius 3 is 2.68 bits per heavy atom. The summed E-state index contributed by atoms with van der Waals surface area (Å²) in [7, 11) is 0. The fourth-order valence-corrected chi connectivity index (χ4v) is 3.20. The van der Waals surface area contributed by atoms with Crippen molar-refractivity contribution >= 4 is 23.2 Å². The molecule has 6 heteroatoms. The molecule has 1 atom stereocenters. The van der Waals surface area contributed by atoms with Crippen molar-refractivity contribution in [3.63, 3.8) is 0 Å². The standard InChI is InChI=1S/C16H15NO4S/c1-10-9-21-12-5-3-2-4-11(12)8-17(10)15(18)13-6-7-14(22-13)16(19)20/h2-7,10H,8-9H2,1H3,(H,19,20). The summed E-state index contributed by atoms with van der Waals surface area (Å²) in [6.07, 6.45) is 0. The van der Waals surface area contributed by atoms with E-state index in [1.54, 1.807) is 11.0 Å². The van der Waals surface area contributed by atoms with Crippen molar-refractivity contribution < 1.29 is 19.4 Å². The molecule has 114 valence electrons. The van der Waals surface area contributed by atoms with E-state index in [9.17, 15) is 9.59 Å². The van der Waals surface area contributed by atoms with Gasteiger partial charge >= 0.3 is 5.97 Å². The minimum Gasteiger partial charge on any atom is -0.491 e. The van der Waals surface area contributed by atoms with Gasteiger partial charge in [-0.15, -0.1) is 11.3 Å². The van der Waals surface area contributed by atoms with Gasteiger partial charge in [-0.1, -0.05) is 18.2 Å². The van der Waals surface area contributed by atoms with Gasteiger partial charge < -0.3 is 14.7 Å². The summed E-state index contributed by atoms with van der Waals surface area (Å²) in [5.41, 5.74) is 0.954. The van der Waals surface area contributed by atoms with Crippen LogP contribution < -0.4 is 4.74 Å². The van der Waals surface area contributed by atoms with Crippen molar-refractivity contribution in [2.45, 2.75) is 19.5 Å². The molecule has 1 unspecified atom stereocenters. The average molecular weight is 317 g/mol. The van der Waals surface area contributed by atoms with Crippen LogP contribution in [0.1, 0.15) is 31.8 Å². The lowest BCUT2D eigenvalue weighted by molar-refractivity contribution is 0.0649. The molecule has 2 aromatic rings. The second kappa shape index (κ2) is 5.81. The molecule has 1 aromatic heterocycles. The van der Waals surface area contributed by atoms with Gasteiger partial charge in [0.05, 0.1) is 17.5 Å². The lowest BCUT2D eigenvalue weighted by Crippen LogP contribution is -2.39. The monoisotopic (exact) mass is 317 g/mol. The predicted octanol–water partition coefficient (Wildman–Crippen LogP) is 2.87. The van der Waals surface area contributed by atoms with E-state index in [0.29, 0.717) is 18.0 Å². The Labute approximate surface area is 131 Å². The van der Waals surface area contributed by atoms with Crippen molar-refractivity contribution in [1.29, 1.82) is 0 Å².